The number of ether oxygens (including phenoxy) is 3. The van der Waals surface area contributed by atoms with Crippen molar-refractivity contribution in [2.75, 3.05) is 26.3 Å². The van der Waals surface area contributed by atoms with Crippen molar-refractivity contribution in [1.82, 2.24) is 25.1 Å². The summed E-state index contributed by atoms with van der Waals surface area (Å²) in [6.45, 7) is 5.07. The zero-order chi connectivity index (χ0) is 31.3. The number of nitrogens with one attached hydrogen (secondary N) is 1. The molecule has 0 saturated carbocycles. The van der Waals surface area contributed by atoms with Gasteiger partial charge in [-0.25, -0.2) is 4.39 Å². The first-order valence-corrected chi connectivity index (χ1v) is 15.2. The fourth-order valence-corrected chi connectivity index (χ4v) is 6.63. The first-order valence-electron chi connectivity index (χ1n) is 14.8. The van der Waals surface area contributed by atoms with E-state index in [1.54, 1.807) is 25.3 Å². The highest BCUT2D eigenvalue weighted by molar-refractivity contribution is 6.30. The molecule has 2 aromatic heterocycles. The molecule has 236 valence electrons. The summed E-state index contributed by atoms with van der Waals surface area (Å²) < 4.78 is 72.2. The Kier molecular flexibility index (Phi) is 7.69. The highest BCUT2D eigenvalue weighted by atomic mass is 35.5. The van der Waals surface area contributed by atoms with Crippen LogP contribution >= 0.6 is 11.6 Å². The largest absolute Gasteiger partial charge is 0.451 e. The number of H-pyrrole nitrogens is 1. The van der Waals surface area contributed by atoms with E-state index >= 15 is 0 Å². The molecule has 0 spiro atoms. The molecule has 2 saturated heterocycles. The molecule has 2 aromatic carbocycles. The van der Waals surface area contributed by atoms with Crippen LogP contribution in [0.3, 0.4) is 0 Å². The third-order valence-electron chi connectivity index (χ3n) is 8.83. The SMILES string of the molecule is C[C@]1(c2ccc(Cl)cc2F)Oc2cccc(C3CCN(Cc4ncc(-c5nnc(C(F)(F)F)[nH]5)cc4C4CCOC4)CC3)c2O1. The van der Waals surface area contributed by atoms with E-state index in [1.807, 2.05) is 24.3 Å². The van der Waals surface area contributed by atoms with Crippen LogP contribution in [0, 0.1) is 5.82 Å². The second kappa shape index (κ2) is 11.6. The van der Waals surface area contributed by atoms with E-state index in [-0.39, 0.29) is 23.2 Å². The summed E-state index contributed by atoms with van der Waals surface area (Å²) in [6.07, 6.45) is -0.522. The Morgan fingerprint density at radius 2 is 1.84 bits per heavy atom. The van der Waals surface area contributed by atoms with E-state index in [9.17, 15) is 17.6 Å². The predicted molar refractivity (Wildman–Crippen MR) is 157 cm³/mol. The minimum Gasteiger partial charge on any atom is -0.444 e. The summed E-state index contributed by atoms with van der Waals surface area (Å²) in [6, 6.07) is 12.1. The van der Waals surface area contributed by atoms with Crippen molar-refractivity contribution in [3.8, 4) is 22.9 Å². The van der Waals surface area contributed by atoms with Crippen molar-refractivity contribution < 1.29 is 31.8 Å². The van der Waals surface area contributed by atoms with Crippen molar-refractivity contribution in [3.63, 3.8) is 0 Å². The van der Waals surface area contributed by atoms with E-state index < -0.39 is 23.6 Å². The van der Waals surface area contributed by atoms with Gasteiger partial charge in [0.2, 0.25) is 5.82 Å². The molecular formula is C32H30ClF4N5O3. The van der Waals surface area contributed by atoms with Crippen LogP contribution in [0.25, 0.3) is 11.4 Å². The Morgan fingerprint density at radius 1 is 1.02 bits per heavy atom. The van der Waals surface area contributed by atoms with Crippen LogP contribution in [0.5, 0.6) is 11.5 Å². The molecule has 0 aliphatic carbocycles. The number of alkyl halides is 3. The summed E-state index contributed by atoms with van der Waals surface area (Å²) in [4.78, 5) is 9.31. The Morgan fingerprint density at radius 3 is 2.56 bits per heavy atom. The molecule has 8 nitrogen and oxygen atoms in total. The van der Waals surface area contributed by atoms with Crippen molar-refractivity contribution >= 4 is 11.6 Å². The predicted octanol–water partition coefficient (Wildman–Crippen LogP) is 7.21. The molecule has 1 unspecified atom stereocenters. The Labute approximate surface area is 261 Å². The Hall–Kier alpha value is -3.74. The number of pyridine rings is 1. The fraction of sp³-hybridized carbons (Fsp3) is 0.406. The van der Waals surface area contributed by atoms with Gasteiger partial charge in [0.05, 0.1) is 17.9 Å². The average Bonchev–Trinajstić information content (AvgIpc) is 3.78. The summed E-state index contributed by atoms with van der Waals surface area (Å²) in [5, 5.41) is 7.27. The minimum atomic E-state index is -4.61. The lowest BCUT2D eigenvalue weighted by atomic mass is 9.88. The highest BCUT2D eigenvalue weighted by Crippen LogP contribution is 2.50. The molecular weight excluding hydrogens is 614 g/mol. The number of halogens is 5. The van der Waals surface area contributed by atoms with Crippen LogP contribution in [0.2, 0.25) is 5.02 Å². The third kappa shape index (κ3) is 5.86. The van der Waals surface area contributed by atoms with E-state index in [0.29, 0.717) is 41.8 Å². The number of aromatic nitrogens is 4. The molecule has 0 bridgehead atoms. The van der Waals surface area contributed by atoms with Gasteiger partial charge in [-0.1, -0.05) is 23.7 Å². The van der Waals surface area contributed by atoms with Crippen molar-refractivity contribution in [2.24, 2.45) is 0 Å². The van der Waals surface area contributed by atoms with Crippen molar-refractivity contribution in [2.45, 2.75) is 56.5 Å². The molecule has 7 rings (SSSR count). The van der Waals surface area contributed by atoms with Crippen LogP contribution in [-0.2, 0) is 23.2 Å². The zero-order valence-electron chi connectivity index (χ0n) is 24.3. The topological polar surface area (TPSA) is 85.4 Å². The van der Waals surface area contributed by atoms with Gasteiger partial charge < -0.3 is 19.2 Å². The summed E-state index contributed by atoms with van der Waals surface area (Å²) in [7, 11) is 0. The first kappa shape index (κ1) is 29.9. The smallest absolute Gasteiger partial charge is 0.444 e. The second-order valence-corrected chi connectivity index (χ2v) is 12.3. The maximum Gasteiger partial charge on any atom is 0.451 e. The molecule has 13 heteroatoms. The Bertz CT molecular complexity index is 1720. The van der Waals surface area contributed by atoms with Gasteiger partial charge in [-0.15, -0.1) is 10.2 Å². The fourth-order valence-electron chi connectivity index (χ4n) is 6.48. The lowest BCUT2D eigenvalue weighted by molar-refractivity contribution is -0.144. The molecule has 2 atom stereocenters. The number of hydrogen-bond acceptors (Lipinski definition) is 7. The highest BCUT2D eigenvalue weighted by Gasteiger charge is 2.43. The van der Waals surface area contributed by atoms with Gasteiger partial charge in [0.15, 0.2) is 17.3 Å². The lowest BCUT2D eigenvalue weighted by Crippen LogP contribution is -2.34. The Balaban J connectivity index is 1.06. The molecule has 3 aliphatic rings. The van der Waals surface area contributed by atoms with Gasteiger partial charge in [0, 0.05) is 48.3 Å². The normalized spacial score (nSPS) is 22.3. The minimum absolute atomic E-state index is 0.0267. The van der Waals surface area contributed by atoms with E-state index in [0.717, 1.165) is 49.2 Å². The molecule has 3 aliphatic heterocycles. The summed E-state index contributed by atoms with van der Waals surface area (Å²) in [5.41, 5.74) is 3.59. The molecule has 0 radical (unpaired) electrons. The number of piperidine rings is 1. The molecule has 4 aromatic rings. The van der Waals surface area contributed by atoms with Crippen LogP contribution in [0.4, 0.5) is 17.6 Å². The van der Waals surface area contributed by atoms with Crippen molar-refractivity contribution in [1.29, 1.82) is 0 Å². The van der Waals surface area contributed by atoms with Gasteiger partial charge in [0.1, 0.15) is 5.82 Å². The van der Waals surface area contributed by atoms with E-state index in [4.69, 9.17) is 30.8 Å². The quantitative estimate of drug-likeness (QED) is 0.222. The number of benzene rings is 2. The maximum atomic E-state index is 14.8. The maximum absolute atomic E-state index is 14.8. The standard InChI is InChI=1S/C32H30ClF4N5O3/c1-31(24-6-5-21(33)14-25(24)34)44-27-4-2-3-22(28(27)45-31)18-7-10-42(11-8-18)16-26-23(19-9-12-43-17-19)13-20(15-38-26)29-39-30(41-40-29)32(35,36)37/h2-6,13-15,18-19H,7-12,16-17H2,1H3,(H,39,40,41)/t19?,31-/m0/s1. The van der Waals surface area contributed by atoms with Crippen LogP contribution < -0.4 is 9.47 Å². The lowest BCUT2D eigenvalue weighted by Gasteiger charge is -2.33. The number of hydrogen-bond donors (Lipinski definition) is 1. The number of likely N-dealkylation sites (tertiary alicyclic amines) is 1. The molecule has 2 fully saturated rings. The zero-order valence-corrected chi connectivity index (χ0v) is 25.1. The number of fused-ring (bicyclic) bond motifs is 1. The summed E-state index contributed by atoms with van der Waals surface area (Å²) in [5.74, 6) is -1.40. The molecule has 1 N–H and O–H groups in total. The van der Waals surface area contributed by atoms with Gasteiger partial charge >= 0.3 is 6.18 Å². The van der Waals surface area contributed by atoms with Gasteiger partial charge in [-0.2, -0.15) is 13.2 Å². The van der Waals surface area contributed by atoms with Crippen molar-refractivity contribution in [3.05, 3.63) is 87.7 Å². The van der Waals surface area contributed by atoms with Crippen LogP contribution in [0.1, 0.15) is 66.2 Å². The van der Waals surface area contributed by atoms with E-state index in [1.165, 1.54) is 6.07 Å². The number of para-hydroxylation sites is 1. The molecule has 0 amide bonds. The van der Waals surface area contributed by atoms with Crippen LogP contribution in [-0.4, -0.2) is 51.4 Å². The van der Waals surface area contributed by atoms with Gasteiger partial charge in [-0.3, -0.25) is 9.88 Å². The second-order valence-electron chi connectivity index (χ2n) is 11.8. The van der Waals surface area contributed by atoms with Gasteiger partial charge in [0.25, 0.3) is 5.79 Å². The van der Waals surface area contributed by atoms with Crippen LogP contribution in [0.15, 0.2) is 48.7 Å². The molecule has 45 heavy (non-hydrogen) atoms. The first-order chi connectivity index (χ1) is 21.6. The average molecular weight is 644 g/mol. The number of aromatic amines is 1. The third-order valence-corrected chi connectivity index (χ3v) is 9.07. The van der Waals surface area contributed by atoms with E-state index in [2.05, 4.69) is 20.1 Å². The van der Waals surface area contributed by atoms with Gasteiger partial charge in [-0.05, 0) is 74.2 Å². The summed E-state index contributed by atoms with van der Waals surface area (Å²) >= 11 is 5.96. The number of nitrogens with zero attached hydrogens (tertiary/aromatic N) is 4. The monoisotopic (exact) mass is 643 g/mol. The molecule has 5 heterocycles. The number of rotatable bonds is 6.